The Labute approximate surface area is 116 Å². The maximum absolute atomic E-state index is 13.1. The Balaban J connectivity index is 1.97. The highest BCUT2D eigenvalue weighted by molar-refractivity contribution is 9.10. The van der Waals surface area contributed by atoms with Gasteiger partial charge in [-0.3, -0.25) is 4.79 Å². The molecule has 0 N–H and O–H groups in total. The lowest BCUT2D eigenvalue weighted by molar-refractivity contribution is -0.122. The summed E-state index contributed by atoms with van der Waals surface area (Å²) in [4.78, 5) is 12.2. The quantitative estimate of drug-likeness (QED) is 0.798. The summed E-state index contributed by atoms with van der Waals surface area (Å²) >= 11 is 3.15. The maximum atomic E-state index is 13.1. The van der Waals surface area contributed by atoms with Gasteiger partial charge in [-0.25, -0.2) is 4.39 Å². The van der Waals surface area contributed by atoms with E-state index in [1.54, 1.807) is 12.1 Å². The topological polar surface area (TPSA) is 17.1 Å². The fourth-order valence-electron chi connectivity index (χ4n) is 2.73. The molecule has 18 heavy (non-hydrogen) atoms. The molecule has 0 aliphatic heterocycles. The number of carbonyl (C=O) groups excluding carboxylic acids is 1. The van der Waals surface area contributed by atoms with Crippen LogP contribution in [0.3, 0.4) is 0 Å². The van der Waals surface area contributed by atoms with Crippen molar-refractivity contribution in [3.8, 4) is 0 Å². The van der Waals surface area contributed by atoms with Gasteiger partial charge in [0.25, 0.3) is 0 Å². The minimum atomic E-state index is -0.280. The van der Waals surface area contributed by atoms with Gasteiger partial charge in [-0.15, -0.1) is 0 Å². The van der Waals surface area contributed by atoms with Crippen molar-refractivity contribution in [1.29, 1.82) is 0 Å². The highest BCUT2D eigenvalue weighted by atomic mass is 79.9. The molecule has 2 atom stereocenters. The molecule has 1 aromatic rings. The Bertz CT molecular complexity index is 444. The Morgan fingerprint density at radius 1 is 1.44 bits per heavy atom. The third kappa shape index (κ3) is 3.19. The van der Waals surface area contributed by atoms with Crippen LogP contribution in [0.25, 0.3) is 0 Å². The molecule has 1 aliphatic rings. The van der Waals surface area contributed by atoms with Gasteiger partial charge >= 0.3 is 0 Å². The lowest BCUT2D eigenvalue weighted by Gasteiger charge is -2.09. The number of ketones is 1. The zero-order valence-corrected chi connectivity index (χ0v) is 12.2. The summed E-state index contributed by atoms with van der Waals surface area (Å²) in [5.41, 5.74) is 0.897. The van der Waals surface area contributed by atoms with Gasteiger partial charge in [-0.05, 0) is 58.8 Å². The van der Waals surface area contributed by atoms with E-state index in [9.17, 15) is 9.18 Å². The Hall–Kier alpha value is -0.700. The van der Waals surface area contributed by atoms with Crippen molar-refractivity contribution in [3.63, 3.8) is 0 Å². The monoisotopic (exact) mass is 312 g/mol. The third-order valence-electron chi connectivity index (χ3n) is 3.94. The summed E-state index contributed by atoms with van der Waals surface area (Å²) in [6.45, 7) is 2.19. The van der Waals surface area contributed by atoms with Crippen LogP contribution >= 0.6 is 15.9 Å². The first kappa shape index (κ1) is 13.7. The molecule has 0 amide bonds. The summed E-state index contributed by atoms with van der Waals surface area (Å²) in [6, 6.07) is 4.82. The SMILES string of the molecule is CCC1CCC(C(=O)Cc2ccc(F)c(Br)c2)C1. The van der Waals surface area contributed by atoms with Crippen molar-refractivity contribution < 1.29 is 9.18 Å². The van der Waals surface area contributed by atoms with E-state index in [1.807, 2.05) is 0 Å². The molecular formula is C15H18BrFO. The van der Waals surface area contributed by atoms with Crippen LogP contribution in [0, 0.1) is 17.7 Å². The van der Waals surface area contributed by atoms with Crippen molar-refractivity contribution >= 4 is 21.7 Å². The summed E-state index contributed by atoms with van der Waals surface area (Å²) in [5, 5.41) is 0. The molecule has 1 aromatic carbocycles. The van der Waals surface area contributed by atoms with E-state index >= 15 is 0 Å². The van der Waals surface area contributed by atoms with E-state index in [2.05, 4.69) is 22.9 Å². The van der Waals surface area contributed by atoms with E-state index in [-0.39, 0.29) is 11.7 Å². The molecule has 1 nitrogen and oxygen atoms in total. The third-order valence-corrected chi connectivity index (χ3v) is 4.54. The van der Waals surface area contributed by atoms with Crippen LogP contribution in [-0.2, 0) is 11.2 Å². The van der Waals surface area contributed by atoms with Crippen LogP contribution in [-0.4, -0.2) is 5.78 Å². The number of benzene rings is 1. The standard InChI is InChI=1S/C15H18BrFO/c1-2-10-3-5-12(7-10)15(18)9-11-4-6-14(17)13(16)8-11/h4,6,8,10,12H,2-3,5,7,9H2,1H3. The molecule has 0 aromatic heterocycles. The highest BCUT2D eigenvalue weighted by Crippen LogP contribution is 2.34. The molecule has 3 heteroatoms. The van der Waals surface area contributed by atoms with Crippen molar-refractivity contribution in [3.05, 3.63) is 34.1 Å². The number of hydrogen-bond acceptors (Lipinski definition) is 1. The van der Waals surface area contributed by atoms with Crippen LogP contribution in [0.1, 0.15) is 38.2 Å². The van der Waals surface area contributed by atoms with Crippen molar-refractivity contribution in [1.82, 2.24) is 0 Å². The number of rotatable bonds is 4. The second-order valence-corrected chi connectivity index (χ2v) is 6.03. The largest absolute Gasteiger partial charge is 0.299 e. The van der Waals surface area contributed by atoms with E-state index in [0.29, 0.717) is 16.7 Å². The number of Topliss-reactive ketones (excluding diaryl/α,β-unsaturated/α-hetero) is 1. The fraction of sp³-hybridized carbons (Fsp3) is 0.533. The Morgan fingerprint density at radius 3 is 2.83 bits per heavy atom. The van der Waals surface area contributed by atoms with E-state index in [1.165, 1.54) is 18.9 Å². The normalized spacial score (nSPS) is 23.3. The fourth-order valence-corrected chi connectivity index (χ4v) is 3.16. The summed E-state index contributed by atoms with van der Waals surface area (Å²) in [5.74, 6) is 0.972. The van der Waals surface area contributed by atoms with E-state index in [0.717, 1.165) is 24.3 Å². The first-order chi connectivity index (χ1) is 8.60. The van der Waals surface area contributed by atoms with E-state index in [4.69, 9.17) is 0 Å². The van der Waals surface area contributed by atoms with E-state index < -0.39 is 0 Å². The summed E-state index contributed by atoms with van der Waals surface area (Å²) in [6.07, 6.45) is 4.85. The summed E-state index contributed by atoms with van der Waals surface area (Å²) < 4.78 is 13.5. The Morgan fingerprint density at radius 2 is 2.22 bits per heavy atom. The predicted molar refractivity (Wildman–Crippen MR) is 73.9 cm³/mol. The molecule has 2 rings (SSSR count). The first-order valence-electron chi connectivity index (χ1n) is 6.56. The molecule has 98 valence electrons. The zero-order valence-electron chi connectivity index (χ0n) is 10.6. The molecule has 1 fully saturated rings. The molecule has 0 saturated heterocycles. The second-order valence-electron chi connectivity index (χ2n) is 5.18. The molecule has 0 spiro atoms. The van der Waals surface area contributed by atoms with Gasteiger partial charge in [-0.2, -0.15) is 0 Å². The Kier molecular flexibility index (Phi) is 4.55. The highest BCUT2D eigenvalue weighted by Gasteiger charge is 2.28. The molecular weight excluding hydrogens is 295 g/mol. The lowest BCUT2D eigenvalue weighted by atomic mass is 9.95. The molecule has 1 aliphatic carbocycles. The van der Waals surface area contributed by atoms with Crippen molar-refractivity contribution in [2.45, 2.75) is 39.0 Å². The van der Waals surface area contributed by atoms with Gasteiger partial charge in [0, 0.05) is 12.3 Å². The van der Waals surface area contributed by atoms with Crippen LogP contribution in [0.2, 0.25) is 0 Å². The van der Waals surface area contributed by atoms with Gasteiger partial charge < -0.3 is 0 Å². The van der Waals surface area contributed by atoms with Crippen LogP contribution in [0.4, 0.5) is 4.39 Å². The minimum Gasteiger partial charge on any atom is -0.299 e. The zero-order chi connectivity index (χ0) is 13.1. The van der Waals surface area contributed by atoms with Gasteiger partial charge in [0.1, 0.15) is 11.6 Å². The number of carbonyl (C=O) groups is 1. The van der Waals surface area contributed by atoms with Crippen molar-refractivity contribution in [2.24, 2.45) is 11.8 Å². The second kappa shape index (κ2) is 5.96. The lowest BCUT2D eigenvalue weighted by Crippen LogP contribution is -2.14. The van der Waals surface area contributed by atoms with Gasteiger partial charge in [0.05, 0.1) is 4.47 Å². The average molecular weight is 313 g/mol. The molecule has 2 unspecified atom stereocenters. The van der Waals surface area contributed by atoms with Crippen molar-refractivity contribution in [2.75, 3.05) is 0 Å². The van der Waals surface area contributed by atoms with Crippen LogP contribution in [0.5, 0.6) is 0 Å². The smallest absolute Gasteiger partial charge is 0.140 e. The molecule has 0 heterocycles. The predicted octanol–water partition coefficient (Wildman–Crippen LogP) is 4.53. The maximum Gasteiger partial charge on any atom is 0.140 e. The number of hydrogen-bond donors (Lipinski definition) is 0. The molecule has 0 bridgehead atoms. The van der Waals surface area contributed by atoms with Crippen LogP contribution in [0.15, 0.2) is 22.7 Å². The summed E-state index contributed by atoms with van der Waals surface area (Å²) in [7, 11) is 0. The van der Waals surface area contributed by atoms with Gasteiger partial charge in [0.15, 0.2) is 0 Å². The number of halogens is 2. The van der Waals surface area contributed by atoms with Gasteiger partial charge in [0.2, 0.25) is 0 Å². The first-order valence-corrected chi connectivity index (χ1v) is 7.36. The average Bonchev–Trinajstić information content (AvgIpc) is 2.82. The van der Waals surface area contributed by atoms with Crippen LogP contribution < -0.4 is 0 Å². The minimum absolute atomic E-state index is 0.221. The van der Waals surface area contributed by atoms with Gasteiger partial charge in [-0.1, -0.05) is 19.4 Å². The molecule has 1 saturated carbocycles. The molecule has 0 radical (unpaired) electrons.